The Morgan fingerprint density at radius 2 is 2.00 bits per heavy atom. The van der Waals surface area contributed by atoms with Crippen LogP contribution in [0.3, 0.4) is 0 Å². The van der Waals surface area contributed by atoms with Crippen LogP contribution in [-0.4, -0.2) is 24.5 Å². The number of nitrogens with one attached hydrogen (secondary N) is 2. The van der Waals surface area contributed by atoms with Gasteiger partial charge in [0, 0.05) is 16.9 Å². The lowest BCUT2D eigenvalue weighted by Crippen LogP contribution is -2.29. The summed E-state index contributed by atoms with van der Waals surface area (Å²) in [7, 11) is 1.62. The summed E-state index contributed by atoms with van der Waals surface area (Å²) in [5.74, 6) is 0.515. The van der Waals surface area contributed by atoms with Crippen molar-refractivity contribution in [1.82, 2.24) is 10.3 Å². The van der Waals surface area contributed by atoms with Gasteiger partial charge in [0.1, 0.15) is 11.4 Å². The number of hydrogen-bond donors (Lipinski definition) is 2. The molecule has 0 aliphatic carbocycles. The Labute approximate surface area is 167 Å². The summed E-state index contributed by atoms with van der Waals surface area (Å²) >= 11 is 7.57. The van der Waals surface area contributed by atoms with E-state index in [-0.39, 0.29) is 11.9 Å². The lowest BCUT2D eigenvalue weighted by molar-refractivity contribution is 0.0938. The first-order valence-electron chi connectivity index (χ1n) is 8.50. The van der Waals surface area contributed by atoms with Gasteiger partial charge in [-0.05, 0) is 42.3 Å². The first-order valence-corrected chi connectivity index (χ1v) is 9.76. The van der Waals surface area contributed by atoms with Gasteiger partial charge in [-0.3, -0.25) is 4.79 Å². The Bertz CT molecular complexity index is 912. The minimum atomic E-state index is -0.355. The number of aromatic nitrogens is 1. The Morgan fingerprint density at radius 3 is 2.67 bits per heavy atom. The normalized spacial score (nSPS) is 11.7. The minimum Gasteiger partial charge on any atom is -0.497 e. The van der Waals surface area contributed by atoms with E-state index in [0.717, 1.165) is 28.6 Å². The van der Waals surface area contributed by atoms with Gasteiger partial charge in [-0.15, -0.1) is 11.3 Å². The lowest BCUT2D eigenvalue weighted by atomic mass is 9.98. The van der Waals surface area contributed by atoms with Crippen molar-refractivity contribution in [1.29, 1.82) is 0 Å². The van der Waals surface area contributed by atoms with Crippen LogP contribution in [0, 0.1) is 0 Å². The summed E-state index contributed by atoms with van der Waals surface area (Å²) in [5.41, 5.74) is 2.20. The van der Waals surface area contributed by atoms with Gasteiger partial charge in [0.2, 0.25) is 0 Å². The zero-order valence-corrected chi connectivity index (χ0v) is 16.6. The van der Waals surface area contributed by atoms with Crippen LogP contribution >= 0.6 is 22.9 Å². The van der Waals surface area contributed by atoms with Crippen LogP contribution in [-0.2, 0) is 0 Å². The number of benzene rings is 2. The number of methoxy groups -OCH3 is 1. The molecule has 0 aliphatic rings. The molecule has 0 fully saturated rings. The summed E-state index contributed by atoms with van der Waals surface area (Å²) in [6.07, 6.45) is 0. The summed E-state index contributed by atoms with van der Waals surface area (Å²) in [6.45, 7) is 2.74. The number of rotatable bonds is 7. The van der Waals surface area contributed by atoms with Crippen molar-refractivity contribution < 1.29 is 9.53 Å². The van der Waals surface area contributed by atoms with Gasteiger partial charge in [-0.1, -0.05) is 35.9 Å². The molecule has 27 heavy (non-hydrogen) atoms. The lowest BCUT2D eigenvalue weighted by Gasteiger charge is -2.20. The number of ether oxygens (including phenoxy) is 1. The molecule has 1 heterocycles. The van der Waals surface area contributed by atoms with E-state index in [0.29, 0.717) is 10.7 Å². The molecule has 0 saturated carbocycles. The number of amides is 1. The predicted molar refractivity (Wildman–Crippen MR) is 110 cm³/mol. The van der Waals surface area contributed by atoms with E-state index < -0.39 is 0 Å². The van der Waals surface area contributed by atoms with Crippen molar-refractivity contribution in [3.8, 4) is 5.75 Å². The van der Waals surface area contributed by atoms with E-state index in [4.69, 9.17) is 16.3 Å². The highest BCUT2D eigenvalue weighted by Crippen LogP contribution is 2.27. The Morgan fingerprint density at radius 1 is 1.22 bits per heavy atom. The van der Waals surface area contributed by atoms with Crippen molar-refractivity contribution in [2.24, 2.45) is 0 Å². The molecular formula is C20H20ClN3O2S. The van der Waals surface area contributed by atoms with Gasteiger partial charge in [-0.2, -0.15) is 0 Å². The van der Waals surface area contributed by atoms with Gasteiger partial charge in [0.25, 0.3) is 5.91 Å². The topological polar surface area (TPSA) is 63.2 Å². The number of halogens is 1. The van der Waals surface area contributed by atoms with Crippen molar-refractivity contribution >= 4 is 34.0 Å². The van der Waals surface area contributed by atoms with Crippen LogP contribution in [0.25, 0.3) is 0 Å². The standard InChI is InChI=1S/C20H20ClN3O2S/c1-3-22-20-23-17(12-27-20)19(25)24-18(14-5-4-6-15(21)11-14)13-7-9-16(26-2)10-8-13/h4-12,18H,3H2,1-2H3,(H,22,23)(H,24,25). The molecule has 140 valence electrons. The van der Waals surface area contributed by atoms with Crippen molar-refractivity contribution in [3.05, 3.63) is 75.8 Å². The predicted octanol–water partition coefficient (Wildman–Crippen LogP) is 4.76. The van der Waals surface area contributed by atoms with E-state index in [1.807, 2.05) is 49.4 Å². The quantitative estimate of drug-likeness (QED) is 0.599. The number of anilines is 1. The molecule has 0 saturated heterocycles. The molecule has 0 radical (unpaired) electrons. The monoisotopic (exact) mass is 401 g/mol. The molecule has 3 aromatic rings. The highest BCUT2D eigenvalue weighted by Gasteiger charge is 2.20. The second kappa shape index (κ2) is 8.88. The van der Waals surface area contributed by atoms with Crippen LogP contribution in [0.4, 0.5) is 5.13 Å². The minimum absolute atomic E-state index is 0.240. The molecule has 1 atom stereocenters. The van der Waals surface area contributed by atoms with Crippen molar-refractivity contribution in [2.45, 2.75) is 13.0 Å². The first kappa shape index (κ1) is 19.2. The third kappa shape index (κ3) is 4.78. The Hall–Kier alpha value is -2.57. The first-order chi connectivity index (χ1) is 13.1. The fourth-order valence-electron chi connectivity index (χ4n) is 2.66. The summed E-state index contributed by atoms with van der Waals surface area (Å²) in [6, 6.07) is 14.7. The van der Waals surface area contributed by atoms with Crippen molar-refractivity contribution in [3.63, 3.8) is 0 Å². The summed E-state index contributed by atoms with van der Waals surface area (Å²) in [4.78, 5) is 17.1. The highest BCUT2D eigenvalue weighted by atomic mass is 35.5. The van der Waals surface area contributed by atoms with Crippen LogP contribution < -0.4 is 15.4 Å². The van der Waals surface area contributed by atoms with Gasteiger partial charge < -0.3 is 15.4 Å². The maximum absolute atomic E-state index is 12.8. The number of carbonyl (C=O) groups is 1. The summed E-state index contributed by atoms with van der Waals surface area (Å²) < 4.78 is 5.23. The van der Waals surface area contributed by atoms with Crippen LogP contribution in [0.1, 0.15) is 34.6 Å². The molecule has 1 aromatic heterocycles. The van der Waals surface area contributed by atoms with E-state index in [2.05, 4.69) is 15.6 Å². The summed E-state index contributed by atoms with van der Waals surface area (Å²) in [5, 5.41) is 9.27. The van der Waals surface area contributed by atoms with Gasteiger partial charge in [-0.25, -0.2) is 4.98 Å². The van der Waals surface area contributed by atoms with Gasteiger partial charge in [0.05, 0.1) is 13.2 Å². The second-order valence-electron chi connectivity index (χ2n) is 5.80. The molecule has 0 aliphatic heterocycles. The molecule has 0 bridgehead atoms. The zero-order valence-electron chi connectivity index (χ0n) is 15.0. The molecule has 1 amide bonds. The number of nitrogens with zero attached hydrogens (tertiary/aromatic N) is 1. The van der Waals surface area contributed by atoms with Crippen LogP contribution in [0.2, 0.25) is 5.02 Å². The van der Waals surface area contributed by atoms with E-state index in [1.54, 1.807) is 18.6 Å². The van der Waals surface area contributed by atoms with E-state index in [1.165, 1.54) is 11.3 Å². The smallest absolute Gasteiger partial charge is 0.271 e. The molecule has 0 spiro atoms. The maximum Gasteiger partial charge on any atom is 0.271 e. The average molecular weight is 402 g/mol. The van der Waals surface area contributed by atoms with Gasteiger partial charge >= 0.3 is 0 Å². The van der Waals surface area contributed by atoms with E-state index >= 15 is 0 Å². The Balaban J connectivity index is 1.89. The third-order valence-corrected chi connectivity index (χ3v) is 5.01. The largest absolute Gasteiger partial charge is 0.497 e. The fraction of sp³-hybridized carbons (Fsp3) is 0.200. The number of hydrogen-bond acceptors (Lipinski definition) is 5. The fourth-order valence-corrected chi connectivity index (χ4v) is 3.62. The molecule has 2 N–H and O–H groups in total. The van der Waals surface area contributed by atoms with Crippen LogP contribution in [0.5, 0.6) is 5.75 Å². The highest BCUT2D eigenvalue weighted by molar-refractivity contribution is 7.13. The molecule has 1 unspecified atom stereocenters. The Kier molecular flexibility index (Phi) is 6.32. The van der Waals surface area contributed by atoms with E-state index in [9.17, 15) is 4.79 Å². The molecule has 2 aromatic carbocycles. The molecule has 3 rings (SSSR count). The number of carbonyl (C=O) groups excluding carboxylic acids is 1. The molecular weight excluding hydrogens is 382 g/mol. The molecule has 5 nitrogen and oxygen atoms in total. The molecule has 7 heteroatoms. The second-order valence-corrected chi connectivity index (χ2v) is 7.10. The number of thiazole rings is 1. The van der Waals surface area contributed by atoms with Crippen LogP contribution in [0.15, 0.2) is 53.9 Å². The average Bonchev–Trinajstić information content (AvgIpc) is 3.15. The van der Waals surface area contributed by atoms with Gasteiger partial charge in [0.15, 0.2) is 5.13 Å². The maximum atomic E-state index is 12.8. The van der Waals surface area contributed by atoms with Crippen molar-refractivity contribution in [2.75, 3.05) is 19.0 Å². The zero-order chi connectivity index (χ0) is 19.2. The SMILES string of the molecule is CCNc1nc(C(=O)NC(c2ccc(OC)cc2)c2cccc(Cl)c2)cs1. The third-order valence-electron chi connectivity index (χ3n) is 3.97.